The molecular formula is C20H16N4O3S. The topological polar surface area (TPSA) is 93.2 Å². The summed E-state index contributed by atoms with van der Waals surface area (Å²) in [5, 5.41) is 14.1. The van der Waals surface area contributed by atoms with Gasteiger partial charge in [0.1, 0.15) is 21.4 Å². The highest BCUT2D eigenvalue weighted by Crippen LogP contribution is 2.34. The highest BCUT2D eigenvalue weighted by atomic mass is 32.1. The summed E-state index contributed by atoms with van der Waals surface area (Å²) in [6.45, 7) is 0.754. The van der Waals surface area contributed by atoms with Crippen LogP contribution in [0.5, 0.6) is 0 Å². The van der Waals surface area contributed by atoms with Gasteiger partial charge in [0.15, 0.2) is 0 Å². The number of fused-ring (bicyclic) bond motifs is 4. The first-order valence-electron chi connectivity index (χ1n) is 8.87. The normalized spacial score (nSPS) is 11.6. The highest BCUT2D eigenvalue weighted by molar-refractivity contribution is 7.25. The monoisotopic (exact) mass is 392 g/mol. The summed E-state index contributed by atoms with van der Waals surface area (Å²) in [6, 6.07) is 9.32. The smallest absolute Gasteiger partial charge is 0.275 e. The average molecular weight is 392 g/mol. The molecule has 4 aromatic heterocycles. The van der Waals surface area contributed by atoms with Crippen LogP contribution < -0.4 is 10.9 Å². The van der Waals surface area contributed by atoms with Gasteiger partial charge >= 0.3 is 0 Å². The van der Waals surface area contributed by atoms with Crippen LogP contribution in [0.25, 0.3) is 37.1 Å². The van der Waals surface area contributed by atoms with Crippen molar-refractivity contribution in [2.24, 2.45) is 0 Å². The Balaban J connectivity index is 1.68. The van der Waals surface area contributed by atoms with Crippen LogP contribution in [0, 0.1) is 0 Å². The highest BCUT2D eigenvalue weighted by Gasteiger charge is 2.16. The van der Waals surface area contributed by atoms with Crippen molar-refractivity contribution < 1.29 is 9.52 Å². The Kier molecular flexibility index (Phi) is 4.07. The zero-order valence-corrected chi connectivity index (χ0v) is 15.6. The third kappa shape index (κ3) is 2.65. The summed E-state index contributed by atoms with van der Waals surface area (Å²) in [4.78, 5) is 22.9. The third-order valence-corrected chi connectivity index (χ3v) is 5.72. The van der Waals surface area contributed by atoms with E-state index < -0.39 is 0 Å². The van der Waals surface area contributed by atoms with Crippen LogP contribution in [0.15, 0.2) is 58.3 Å². The molecule has 5 aromatic rings. The zero-order chi connectivity index (χ0) is 19.1. The van der Waals surface area contributed by atoms with E-state index in [1.165, 1.54) is 11.3 Å². The molecule has 7 nitrogen and oxygen atoms in total. The van der Waals surface area contributed by atoms with Crippen molar-refractivity contribution in [3.8, 4) is 5.69 Å². The lowest BCUT2D eigenvalue weighted by Gasteiger charge is -2.07. The molecule has 0 fully saturated rings. The van der Waals surface area contributed by atoms with Crippen LogP contribution in [0.2, 0.25) is 0 Å². The third-order valence-electron chi connectivity index (χ3n) is 4.65. The predicted octanol–water partition coefficient (Wildman–Crippen LogP) is 3.54. The quantitative estimate of drug-likeness (QED) is 0.445. The Morgan fingerprint density at radius 3 is 3.04 bits per heavy atom. The molecule has 140 valence electrons. The molecule has 0 spiro atoms. The van der Waals surface area contributed by atoms with Crippen molar-refractivity contribution in [1.82, 2.24) is 14.5 Å². The van der Waals surface area contributed by atoms with Gasteiger partial charge in [0.05, 0.1) is 22.9 Å². The van der Waals surface area contributed by atoms with Crippen LogP contribution in [0.4, 0.5) is 5.69 Å². The van der Waals surface area contributed by atoms with Crippen molar-refractivity contribution in [1.29, 1.82) is 0 Å². The second-order valence-electron chi connectivity index (χ2n) is 6.38. The molecule has 0 aliphatic rings. The average Bonchev–Trinajstić information content (AvgIpc) is 3.33. The van der Waals surface area contributed by atoms with Gasteiger partial charge in [-0.1, -0.05) is 0 Å². The van der Waals surface area contributed by atoms with E-state index in [2.05, 4.69) is 15.3 Å². The fraction of sp³-hybridized carbons (Fsp3) is 0.150. The number of hydrogen-bond donors (Lipinski definition) is 2. The summed E-state index contributed by atoms with van der Waals surface area (Å²) >= 11 is 1.34. The van der Waals surface area contributed by atoms with Crippen LogP contribution in [0.3, 0.4) is 0 Å². The Hall–Kier alpha value is -3.23. The Bertz CT molecular complexity index is 1370. The van der Waals surface area contributed by atoms with Crippen molar-refractivity contribution >= 4 is 48.4 Å². The minimum atomic E-state index is -0.128. The molecule has 0 aliphatic carbocycles. The molecule has 0 atom stereocenters. The van der Waals surface area contributed by atoms with Crippen LogP contribution in [-0.4, -0.2) is 32.8 Å². The van der Waals surface area contributed by atoms with E-state index in [9.17, 15) is 4.79 Å². The first-order chi connectivity index (χ1) is 13.8. The number of nitrogens with zero attached hydrogens (tertiary/aromatic N) is 3. The fourth-order valence-corrected chi connectivity index (χ4v) is 4.34. The second kappa shape index (κ2) is 6.74. The van der Waals surface area contributed by atoms with Gasteiger partial charge in [0.25, 0.3) is 5.56 Å². The molecule has 0 unspecified atom stereocenters. The summed E-state index contributed by atoms with van der Waals surface area (Å²) in [5.41, 5.74) is 2.90. The number of benzene rings is 1. The molecular weight excluding hydrogens is 376 g/mol. The summed E-state index contributed by atoms with van der Waals surface area (Å²) in [5.74, 6) is 0. The standard InChI is InChI=1S/C20H16N4O3S/c25-8-1-6-21-14-4-7-22-19-16(14)17-18(28-19)20(26)24(11-23-17)13-2-3-15-12(10-13)5-9-27-15/h2-5,7,9-11,25H,1,6,8H2,(H,21,22). The molecule has 1 aromatic carbocycles. The number of aliphatic hydroxyl groups excluding tert-OH is 1. The number of thiophene rings is 1. The van der Waals surface area contributed by atoms with E-state index in [1.54, 1.807) is 23.4 Å². The van der Waals surface area contributed by atoms with Crippen molar-refractivity contribution in [3.05, 3.63) is 59.5 Å². The van der Waals surface area contributed by atoms with Crippen LogP contribution >= 0.6 is 11.3 Å². The fourth-order valence-electron chi connectivity index (χ4n) is 3.29. The summed E-state index contributed by atoms with van der Waals surface area (Å²) in [7, 11) is 0. The minimum Gasteiger partial charge on any atom is -0.464 e. The molecule has 0 radical (unpaired) electrons. The Labute approximate surface area is 162 Å². The number of hydrogen-bond acceptors (Lipinski definition) is 7. The lowest BCUT2D eigenvalue weighted by Crippen LogP contribution is -2.17. The zero-order valence-electron chi connectivity index (χ0n) is 14.8. The number of aliphatic hydroxyl groups is 1. The van der Waals surface area contributed by atoms with Gasteiger partial charge in [-0.3, -0.25) is 9.36 Å². The first kappa shape index (κ1) is 16.9. The Morgan fingerprint density at radius 2 is 2.14 bits per heavy atom. The van der Waals surface area contributed by atoms with Gasteiger partial charge in [-0.25, -0.2) is 9.97 Å². The van der Waals surface area contributed by atoms with E-state index in [0.29, 0.717) is 23.2 Å². The van der Waals surface area contributed by atoms with Gasteiger partial charge < -0.3 is 14.8 Å². The van der Waals surface area contributed by atoms with Gasteiger partial charge in [-0.05, 0) is 36.8 Å². The maximum atomic E-state index is 13.2. The molecule has 8 heteroatoms. The van der Waals surface area contributed by atoms with E-state index in [4.69, 9.17) is 9.52 Å². The molecule has 4 heterocycles. The minimum absolute atomic E-state index is 0.121. The number of aromatic nitrogens is 3. The molecule has 0 amide bonds. The molecule has 0 bridgehead atoms. The Morgan fingerprint density at radius 1 is 1.21 bits per heavy atom. The van der Waals surface area contributed by atoms with Crippen LogP contribution in [-0.2, 0) is 0 Å². The lowest BCUT2D eigenvalue weighted by atomic mass is 10.2. The molecule has 5 rings (SSSR count). The van der Waals surface area contributed by atoms with E-state index in [-0.39, 0.29) is 12.2 Å². The molecule has 0 saturated heterocycles. The van der Waals surface area contributed by atoms with Gasteiger partial charge in [0, 0.05) is 30.4 Å². The number of furan rings is 1. The van der Waals surface area contributed by atoms with Crippen molar-refractivity contribution in [3.63, 3.8) is 0 Å². The number of anilines is 1. The maximum Gasteiger partial charge on any atom is 0.275 e. The van der Waals surface area contributed by atoms with Gasteiger partial charge in [-0.2, -0.15) is 0 Å². The van der Waals surface area contributed by atoms with E-state index in [1.807, 2.05) is 30.3 Å². The number of pyridine rings is 1. The van der Waals surface area contributed by atoms with E-state index in [0.717, 1.165) is 32.6 Å². The molecule has 0 aliphatic heterocycles. The van der Waals surface area contributed by atoms with Gasteiger partial charge in [0.2, 0.25) is 0 Å². The largest absolute Gasteiger partial charge is 0.464 e. The molecule has 28 heavy (non-hydrogen) atoms. The lowest BCUT2D eigenvalue weighted by molar-refractivity contribution is 0.292. The summed E-state index contributed by atoms with van der Waals surface area (Å²) in [6.07, 6.45) is 5.54. The van der Waals surface area contributed by atoms with Crippen molar-refractivity contribution in [2.75, 3.05) is 18.5 Å². The van der Waals surface area contributed by atoms with Crippen LogP contribution in [0.1, 0.15) is 6.42 Å². The van der Waals surface area contributed by atoms with E-state index >= 15 is 0 Å². The maximum absolute atomic E-state index is 13.2. The molecule has 2 N–H and O–H groups in total. The second-order valence-corrected chi connectivity index (χ2v) is 7.38. The summed E-state index contributed by atoms with van der Waals surface area (Å²) < 4.78 is 7.48. The van der Waals surface area contributed by atoms with Gasteiger partial charge in [-0.15, -0.1) is 11.3 Å². The first-order valence-corrected chi connectivity index (χ1v) is 9.69. The van der Waals surface area contributed by atoms with Crippen molar-refractivity contribution in [2.45, 2.75) is 6.42 Å². The SMILES string of the molecule is O=c1c2sc3nccc(NCCCO)c3c2ncn1-c1ccc2occc2c1. The molecule has 0 saturated carbocycles. The predicted molar refractivity (Wildman–Crippen MR) is 110 cm³/mol. The number of rotatable bonds is 5. The number of nitrogens with one attached hydrogen (secondary N) is 1.